The predicted octanol–water partition coefficient (Wildman–Crippen LogP) is 5.01. The number of amides is 1. The smallest absolute Gasteiger partial charge is 0.416 e. The molecule has 0 bridgehead atoms. The molecule has 0 spiro atoms. The normalized spacial score (nSPS) is 11.3. The highest BCUT2D eigenvalue weighted by atomic mass is 19.4. The molecule has 1 N–H and O–H groups in total. The number of carbonyl (C=O) groups is 1. The van der Waals surface area contributed by atoms with E-state index < -0.39 is 28.3 Å². The van der Waals surface area contributed by atoms with Crippen LogP contribution in [0.2, 0.25) is 0 Å². The Morgan fingerprint density at radius 1 is 1.19 bits per heavy atom. The second-order valence-electron chi connectivity index (χ2n) is 6.69. The lowest BCUT2D eigenvalue weighted by Gasteiger charge is -2.11. The number of rotatable bonds is 5. The SMILES string of the molecule is Cc1nn(C)c(C)c1NC(=O)c1cccc(Oc2ccc(C(F)(F)F)cc2[N+](=O)[O-])c1. The van der Waals surface area contributed by atoms with E-state index >= 15 is 0 Å². The first-order valence-electron chi connectivity index (χ1n) is 8.92. The minimum Gasteiger partial charge on any atom is -0.450 e. The molecule has 8 nitrogen and oxygen atoms in total. The predicted molar refractivity (Wildman–Crippen MR) is 105 cm³/mol. The maximum atomic E-state index is 12.9. The lowest BCUT2D eigenvalue weighted by atomic mass is 10.1. The Bertz CT molecular complexity index is 1170. The average molecular weight is 434 g/mol. The Kier molecular flexibility index (Phi) is 5.69. The molecule has 0 atom stereocenters. The van der Waals surface area contributed by atoms with Crippen LogP contribution < -0.4 is 10.1 Å². The largest absolute Gasteiger partial charge is 0.450 e. The van der Waals surface area contributed by atoms with Gasteiger partial charge in [-0.2, -0.15) is 18.3 Å². The summed E-state index contributed by atoms with van der Waals surface area (Å²) >= 11 is 0. The van der Waals surface area contributed by atoms with Crippen molar-refractivity contribution in [1.82, 2.24) is 9.78 Å². The van der Waals surface area contributed by atoms with Gasteiger partial charge >= 0.3 is 11.9 Å². The number of anilines is 1. The molecule has 0 fully saturated rings. The monoisotopic (exact) mass is 434 g/mol. The molecule has 0 saturated carbocycles. The number of nitrogens with zero attached hydrogens (tertiary/aromatic N) is 3. The lowest BCUT2D eigenvalue weighted by Crippen LogP contribution is -2.13. The zero-order valence-corrected chi connectivity index (χ0v) is 16.6. The summed E-state index contributed by atoms with van der Waals surface area (Å²) in [6.45, 7) is 3.53. The summed E-state index contributed by atoms with van der Waals surface area (Å²) in [4.78, 5) is 22.9. The van der Waals surface area contributed by atoms with Crippen molar-refractivity contribution in [3.05, 3.63) is 75.1 Å². The van der Waals surface area contributed by atoms with Crippen molar-refractivity contribution >= 4 is 17.3 Å². The number of ether oxygens (including phenoxy) is 1. The van der Waals surface area contributed by atoms with Crippen LogP contribution in [0.4, 0.5) is 24.5 Å². The number of aryl methyl sites for hydroxylation is 2. The zero-order chi connectivity index (χ0) is 22.9. The molecule has 0 aliphatic carbocycles. The second kappa shape index (κ2) is 8.09. The van der Waals surface area contributed by atoms with Gasteiger partial charge in [0.15, 0.2) is 0 Å². The fourth-order valence-corrected chi connectivity index (χ4v) is 2.89. The third-order valence-electron chi connectivity index (χ3n) is 4.55. The van der Waals surface area contributed by atoms with Crippen molar-refractivity contribution in [2.75, 3.05) is 5.32 Å². The topological polar surface area (TPSA) is 99.3 Å². The van der Waals surface area contributed by atoms with E-state index in [4.69, 9.17) is 4.74 Å². The summed E-state index contributed by atoms with van der Waals surface area (Å²) in [6.07, 6.45) is -4.73. The molecule has 0 saturated heterocycles. The maximum absolute atomic E-state index is 12.9. The van der Waals surface area contributed by atoms with Crippen molar-refractivity contribution in [2.45, 2.75) is 20.0 Å². The Labute approximate surface area is 174 Å². The van der Waals surface area contributed by atoms with Gasteiger partial charge in [-0.25, -0.2) is 0 Å². The number of aromatic nitrogens is 2. The van der Waals surface area contributed by atoms with Crippen molar-refractivity contribution in [3.8, 4) is 11.5 Å². The van der Waals surface area contributed by atoms with E-state index in [0.29, 0.717) is 23.5 Å². The van der Waals surface area contributed by atoms with Crippen LogP contribution in [0.3, 0.4) is 0 Å². The number of halogens is 3. The fourth-order valence-electron chi connectivity index (χ4n) is 2.89. The molecular formula is C20H17F3N4O4. The summed E-state index contributed by atoms with van der Waals surface area (Å²) in [6, 6.07) is 7.72. The highest BCUT2D eigenvalue weighted by Crippen LogP contribution is 2.38. The number of hydrogen-bond donors (Lipinski definition) is 1. The Balaban J connectivity index is 1.87. The van der Waals surface area contributed by atoms with Crippen molar-refractivity contribution in [1.29, 1.82) is 0 Å². The number of nitro benzene ring substituents is 1. The molecule has 1 heterocycles. The van der Waals surface area contributed by atoms with Gasteiger partial charge in [0, 0.05) is 18.7 Å². The van der Waals surface area contributed by atoms with Crippen LogP contribution in [0.5, 0.6) is 11.5 Å². The molecule has 1 amide bonds. The highest BCUT2D eigenvalue weighted by Gasteiger charge is 2.33. The first-order chi connectivity index (χ1) is 14.5. The molecule has 0 aliphatic heterocycles. The van der Waals surface area contributed by atoms with E-state index in [-0.39, 0.29) is 17.1 Å². The van der Waals surface area contributed by atoms with E-state index in [2.05, 4.69) is 10.4 Å². The average Bonchev–Trinajstić information content (AvgIpc) is 2.93. The van der Waals surface area contributed by atoms with E-state index in [0.717, 1.165) is 11.8 Å². The van der Waals surface area contributed by atoms with Gasteiger partial charge < -0.3 is 10.1 Å². The standard InChI is InChI=1S/C20H17F3N4O4/c1-11-18(12(2)26(3)25-11)24-19(28)13-5-4-6-15(9-13)31-17-8-7-14(20(21,22)23)10-16(17)27(29)30/h4-10H,1-3H3,(H,24,28). The van der Waals surface area contributed by atoms with Gasteiger partial charge in [0.25, 0.3) is 5.91 Å². The molecular weight excluding hydrogens is 417 g/mol. The molecule has 162 valence electrons. The number of carbonyl (C=O) groups excluding carboxylic acids is 1. The minimum absolute atomic E-state index is 0.0511. The number of nitrogens with one attached hydrogen (secondary N) is 1. The van der Waals surface area contributed by atoms with Crippen LogP contribution in [0.15, 0.2) is 42.5 Å². The van der Waals surface area contributed by atoms with Gasteiger partial charge in [-0.3, -0.25) is 19.6 Å². The second-order valence-corrected chi connectivity index (χ2v) is 6.69. The van der Waals surface area contributed by atoms with Gasteiger partial charge in [0.05, 0.1) is 27.6 Å². The molecule has 11 heteroatoms. The van der Waals surface area contributed by atoms with Gasteiger partial charge in [-0.1, -0.05) is 6.07 Å². The van der Waals surface area contributed by atoms with E-state index in [1.165, 1.54) is 24.3 Å². The van der Waals surface area contributed by atoms with Crippen LogP contribution in [0.25, 0.3) is 0 Å². The highest BCUT2D eigenvalue weighted by molar-refractivity contribution is 6.05. The number of nitro groups is 1. The Morgan fingerprint density at radius 2 is 1.90 bits per heavy atom. The zero-order valence-electron chi connectivity index (χ0n) is 16.6. The number of hydrogen-bond acceptors (Lipinski definition) is 5. The van der Waals surface area contributed by atoms with Gasteiger partial charge in [0.1, 0.15) is 5.75 Å². The van der Waals surface area contributed by atoms with Gasteiger partial charge in [0.2, 0.25) is 5.75 Å². The number of alkyl halides is 3. The van der Waals surface area contributed by atoms with Crippen molar-refractivity contribution in [3.63, 3.8) is 0 Å². The molecule has 2 aromatic carbocycles. The molecule has 31 heavy (non-hydrogen) atoms. The van der Waals surface area contributed by atoms with Crippen LogP contribution >= 0.6 is 0 Å². The van der Waals surface area contributed by atoms with Crippen LogP contribution in [0, 0.1) is 24.0 Å². The summed E-state index contributed by atoms with van der Waals surface area (Å²) in [5, 5.41) is 18.2. The summed E-state index contributed by atoms with van der Waals surface area (Å²) in [5.74, 6) is -0.795. The number of benzene rings is 2. The molecule has 0 aliphatic rings. The third-order valence-corrected chi connectivity index (χ3v) is 4.55. The van der Waals surface area contributed by atoms with E-state index in [9.17, 15) is 28.1 Å². The maximum Gasteiger partial charge on any atom is 0.416 e. The minimum atomic E-state index is -4.73. The Hall–Kier alpha value is -3.89. The van der Waals surface area contributed by atoms with Crippen LogP contribution in [0.1, 0.15) is 27.3 Å². The molecule has 3 aromatic rings. The first kappa shape index (κ1) is 21.8. The molecule has 0 radical (unpaired) electrons. The molecule has 1 aromatic heterocycles. The molecule has 3 rings (SSSR count). The third kappa shape index (κ3) is 4.65. The summed E-state index contributed by atoms with van der Waals surface area (Å²) < 4.78 is 45.6. The van der Waals surface area contributed by atoms with Crippen LogP contribution in [-0.2, 0) is 13.2 Å². The lowest BCUT2D eigenvalue weighted by molar-refractivity contribution is -0.385. The molecule has 0 unspecified atom stereocenters. The quantitative estimate of drug-likeness (QED) is 0.450. The van der Waals surface area contributed by atoms with Crippen LogP contribution in [-0.4, -0.2) is 20.6 Å². The summed E-state index contributed by atoms with van der Waals surface area (Å²) in [5.41, 5.74) is 0.111. The fraction of sp³-hybridized carbons (Fsp3) is 0.200. The van der Waals surface area contributed by atoms with E-state index in [1.807, 2.05) is 0 Å². The Morgan fingerprint density at radius 3 is 2.48 bits per heavy atom. The van der Waals surface area contributed by atoms with Crippen molar-refractivity contribution in [2.24, 2.45) is 7.05 Å². The van der Waals surface area contributed by atoms with Gasteiger partial charge in [-0.15, -0.1) is 0 Å². The van der Waals surface area contributed by atoms with Crippen molar-refractivity contribution < 1.29 is 27.6 Å². The van der Waals surface area contributed by atoms with Gasteiger partial charge in [-0.05, 0) is 44.2 Å². The van der Waals surface area contributed by atoms with E-state index in [1.54, 1.807) is 25.6 Å². The first-order valence-corrected chi connectivity index (χ1v) is 8.92. The summed E-state index contributed by atoms with van der Waals surface area (Å²) in [7, 11) is 1.74.